The third kappa shape index (κ3) is 2.99. The van der Waals surface area contributed by atoms with Crippen molar-refractivity contribution in [3.8, 4) is 0 Å². The van der Waals surface area contributed by atoms with Crippen LogP contribution in [0.5, 0.6) is 0 Å². The van der Waals surface area contributed by atoms with Gasteiger partial charge in [0.1, 0.15) is 0 Å². The van der Waals surface area contributed by atoms with Gasteiger partial charge in [-0.3, -0.25) is 0 Å². The van der Waals surface area contributed by atoms with Crippen LogP contribution in [0.1, 0.15) is 5.56 Å². The number of rotatable bonds is 3. The van der Waals surface area contributed by atoms with Crippen LogP contribution < -0.4 is 5.73 Å². The Balaban J connectivity index is 2.39. The van der Waals surface area contributed by atoms with Crippen LogP contribution in [0.4, 0.5) is 0 Å². The summed E-state index contributed by atoms with van der Waals surface area (Å²) in [5, 5.41) is 12.4. The van der Waals surface area contributed by atoms with Crippen LogP contribution in [-0.2, 0) is 0 Å². The number of oxime groups is 1. The molecule has 0 aliphatic carbocycles. The Morgan fingerprint density at radius 3 is 2.72 bits per heavy atom. The van der Waals surface area contributed by atoms with Crippen molar-refractivity contribution in [2.24, 2.45) is 10.9 Å². The Labute approximate surface area is 116 Å². The maximum Gasteiger partial charge on any atom is 0.192 e. The van der Waals surface area contributed by atoms with Gasteiger partial charge >= 0.3 is 0 Å². The van der Waals surface area contributed by atoms with E-state index in [4.69, 9.17) is 10.9 Å². The second kappa shape index (κ2) is 5.83. The summed E-state index contributed by atoms with van der Waals surface area (Å²) in [6.45, 7) is 0. The van der Waals surface area contributed by atoms with Crippen LogP contribution in [0.3, 0.4) is 0 Å². The third-order valence-corrected chi connectivity index (χ3v) is 3.53. The average molecular weight is 325 g/mol. The number of aromatic nitrogens is 2. The summed E-state index contributed by atoms with van der Waals surface area (Å²) < 4.78 is 0.849. The molecule has 0 unspecified atom stereocenters. The lowest BCUT2D eigenvalue weighted by atomic mass is 10.2. The Morgan fingerprint density at radius 1 is 1.33 bits per heavy atom. The second-order valence-corrected chi connectivity index (χ2v) is 5.18. The molecule has 0 spiro atoms. The first-order chi connectivity index (χ1) is 8.70. The van der Waals surface area contributed by atoms with E-state index in [0.717, 1.165) is 9.37 Å². The predicted octanol–water partition coefficient (Wildman–Crippen LogP) is 2.48. The van der Waals surface area contributed by atoms with Gasteiger partial charge in [-0.2, -0.15) is 0 Å². The first-order valence-electron chi connectivity index (χ1n) is 4.93. The van der Waals surface area contributed by atoms with Gasteiger partial charge in [-0.15, -0.1) is 0 Å². The highest BCUT2D eigenvalue weighted by Gasteiger charge is 2.10. The highest BCUT2D eigenvalue weighted by molar-refractivity contribution is 9.10. The number of nitrogens with zero attached hydrogens (tertiary/aromatic N) is 3. The quantitative estimate of drug-likeness (QED) is 0.298. The van der Waals surface area contributed by atoms with Crippen molar-refractivity contribution in [3.63, 3.8) is 0 Å². The van der Waals surface area contributed by atoms with Gasteiger partial charge in [0.25, 0.3) is 0 Å². The number of amidine groups is 1. The molecule has 1 aromatic heterocycles. The van der Waals surface area contributed by atoms with Crippen molar-refractivity contribution < 1.29 is 5.21 Å². The number of benzene rings is 1. The molecule has 5 nitrogen and oxygen atoms in total. The summed E-state index contributed by atoms with van der Waals surface area (Å²) in [6.07, 6.45) is 3.33. The summed E-state index contributed by atoms with van der Waals surface area (Å²) in [5.74, 6) is 0.0507. The van der Waals surface area contributed by atoms with Crippen molar-refractivity contribution >= 4 is 33.5 Å². The van der Waals surface area contributed by atoms with Crippen LogP contribution in [0.15, 0.2) is 56.3 Å². The van der Waals surface area contributed by atoms with Crippen LogP contribution in [0, 0.1) is 0 Å². The minimum atomic E-state index is 0.0507. The molecule has 0 saturated heterocycles. The molecule has 0 amide bonds. The smallest absolute Gasteiger partial charge is 0.192 e. The van der Waals surface area contributed by atoms with E-state index in [1.54, 1.807) is 24.5 Å². The Morgan fingerprint density at radius 2 is 2.06 bits per heavy atom. The molecule has 3 N–H and O–H groups in total. The largest absolute Gasteiger partial charge is 0.409 e. The summed E-state index contributed by atoms with van der Waals surface area (Å²) in [4.78, 5) is 9.06. The van der Waals surface area contributed by atoms with Gasteiger partial charge in [0.2, 0.25) is 0 Å². The topological polar surface area (TPSA) is 84.4 Å². The maximum absolute atomic E-state index is 8.78. The standard InChI is InChI=1S/C11H9BrN4OS/c12-7-2-3-9(8(6-7)10(13)16-17)18-11-14-4-1-5-15-11/h1-6,17H,(H2,13,16). The van der Waals surface area contributed by atoms with Crippen molar-refractivity contribution in [2.75, 3.05) is 0 Å². The molecule has 0 saturated carbocycles. The number of hydrogen-bond acceptors (Lipinski definition) is 5. The van der Waals surface area contributed by atoms with Crippen molar-refractivity contribution in [2.45, 2.75) is 10.1 Å². The zero-order valence-corrected chi connectivity index (χ0v) is 11.5. The number of hydrogen-bond donors (Lipinski definition) is 2. The molecule has 0 bridgehead atoms. The van der Waals surface area contributed by atoms with E-state index in [2.05, 4.69) is 31.1 Å². The molecule has 18 heavy (non-hydrogen) atoms. The van der Waals surface area contributed by atoms with E-state index in [0.29, 0.717) is 10.7 Å². The van der Waals surface area contributed by atoms with E-state index in [-0.39, 0.29) is 5.84 Å². The summed E-state index contributed by atoms with van der Waals surface area (Å²) in [6, 6.07) is 7.26. The fourth-order valence-corrected chi connectivity index (χ4v) is 2.48. The van der Waals surface area contributed by atoms with E-state index < -0.39 is 0 Å². The van der Waals surface area contributed by atoms with Gasteiger partial charge < -0.3 is 10.9 Å². The molecule has 0 aliphatic heterocycles. The minimum Gasteiger partial charge on any atom is -0.409 e. The van der Waals surface area contributed by atoms with Crippen LogP contribution in [0.2, 0.25) is 0 Å². The number of halogens is 1. The SMILES string of the molecule is N/C(=N/O)c1cc(Br)ccc1Sc1ncccn1. The van der Waals surface area contributed by atoms with Crippen LogP contribution in [-0.4, -0.2) is 21.0 Å². The molecule has 0 fully saturated rings. The first-order valence-corrected chi connectivity index (χ1v) is 6.54. The fraction of sp³-hybridized carbons (Fsp3) is 0. The maximum atomic E-state index is 8.78. The Hall–Kier alpha value is -1.60. The lowest BCUT2D eigenvalue weighted by molar-refractivity contribution is 0.318. The minimum absolute atomic E-state index is 0.0507. The van der Waals surface area contributed by atoms with Gasteiger partial charge in [0.05, 0.1) is 0 Å². The van der Waals surface area contributed by atoms with Gasteiger partial charge in [-0.05, 0) is 36.0 Å². The van der Waals surface area contributed by atoms with E-state index in [1.807, 2.05) is 12.1 Å². The molecule has 1 aromatic carbocycles. The molecule has 0 radical (unpaired) electrons. The normalized spacial score (nSPS) is 11.5. The van der Waals surface area contributed by atoms with Crippen LogP contribution >= 0.6 is 27.7 Å². The highest BCUT2D eigenvalue weighted by atomic mass is 79.9. The van der Waals surface area contributed by atoms with E-state index in [9.17, 15) is 0 Å². The third-order valence-electron chi connectivity index (χ3n) is 2.07. The summed E-state index contributed by atoms with van der Waals surface area (Å²) >= 11 is 4.70. The van der Waals surface area contributed by atoms with Crippen molar-refractivity contribution in [3.05, 3.63) is 46.7 Å². The summed E-state index contributed by atoms with van der Waals surface area (Å²) in [5.41, 5.74) is 6.27. The molecule has 2 rings (SSSR count). The fourth-order valence-electron chi connectivity index (χ4n) is 1.28. The average Bonchev–Trinajstić information content (AvgIpc) is 2.41. The van der Waals surface area contributed by atoms with E-state index >= 15 is 0 Å². The van der Waals surface area contributed by atoms with Gasteiger partial charge in [-0.1, -0.05) is 21.1 Å². The van der Waals surface area contributed by atoms with Gasteiger partial charge in [0, 0.05) is 27.3 Å². The second-order valence-electron chi connectivity index (χ2n) is 3.26. The van der Waals surface area contributed by atoms with Gasteiger partial charge in [-0.25, -0.2) is 9.97 Å². The Kier molecular flexibility index (Phi) is 4.16. The molecule has 92 valence electrons. The molecule has 2 aromatic rings. The monoisotopic (exact) mass is 324 g/mol. The molecule has 0 atom stereocenters. The van der Waals surface area contributed by atoms with Crippen LogP contribution in [0.25, 0.3) is 0 Å². The zero-order chi connectivity index (χ0) is 13.0. The first kappa shape index (κ1) is 12.8. The highest BCUT2D eigenvalue weighted by Crippen LogP contribution is 2.29. The molecule has 7 heteroatoms. The molecule has 1 heterocycles. The summed E-state index contributed by atoms with van der Waals surface area (Å²) in [7, 11) is 0. The molecular weight excluding hydrogens is 316 g/mol. The van der Waals surface area contributed by atoms with E-state index in [1.165, 1.54) is 11.8 Å². The number of nitrogens with two attached hydrogens (primary N) is 1. The molecule has 0 aliphatic rings. The van der Waals surface area contributed by atoms with Crippen molar-refractivity contribution in [1.29, 1.82) is 0 Å². The van der Waals surface area contributed by atoms with Gasteiger partial charge in [0.15, 0.2) is 11.0 Å². The Bertz CT molecular complexity index is 577. The molecular formula is C11H9BrN4OS. The zero-order valence-electron chi connectivity index (χ0n) is 9.12. The lowest BCUT2D eigenvalue weighted by Crippen LogP contribution is -2.14. The predicted molar refractivity (Wildman–Crippen MR) is 72.8 cm³/mol. The lowest BCUT2D eigenvalue weighted by Gasteiger charge is -2.07. The van der Waals surface area contributed by atoms with Crippen molar-refractivity contribution in [1.82, 2.24) is 9.97 Å².